The molecule has 2 aliphatic carbocycles. The fraction of sp³-hybridized carbons (Fsp3) is 0.379. The van der Waals surface area contributed by atoms with Crippen molar-refractivity contribution >= 4 is 0 Å². The number of hydrogen-bond acceptors (Lipinski definition) is 0. The van der Waals surface area contributed by atoms with E-state index in [4.69, 9.17) is 0 Å². The molecule has 0 saturated heterocycles. The van der Waals surface area contributed by atoms with Crippen molar-refractivity contribution in [2.24, 2.45) is 5.92 Å². The van der Waals surface area contributed by atoms with Crippen LogP contribution in [0.3, 0.4) is 0 Å². The Bertz CT molecular complexity index is 925. The summed E-state index contributed by atoms with van der Waals surface area (Å²) in [6.45, 7) is 11.2. The highest BCUT2D eigenvalue weighted by Gasteiger charge is 2.37. The number of hydrogen-bond donors (Lipinski definition) is 0. The fourth-order valence-corrected chi connectivity index (χ4v) is 5.49. The first-order valence-corrected chi connectivity index (χ1v) is 11.3. The fourth-order valence-electron chi connectivity index (χ4n) is 5.49. The summed E-state index contributed by atoms with van der Waals surface area (Å²) in [6.07, 6.45) is 12.0. The highest BCUT2D eigenvalue weighted by atomic mass is 14.4. The molecule has 0 heteroatoms. The van der Waals surface area contributed by atoms with Gasteiger partial charge in [-0.3, -0.25) is 0 Å². The molecule has 0 aromatic heterocycles. The van der Waals surface area contributed by atoms with E-state index in [9.17, 15) is 0 Å². The lowest BCUT2D eigenvalue weighted by molar-refractivity contribution is 0.462. The molecule has 4 atom stereocenters. The zero-order valence-corrected chi connectivity index (χ0v) is 18.2. The molecule has 4 rings (SSSR count). The SMILES string of the molecule is C=C(C)C1c2ccccc2C2C=CC(CC)=CC2CC1c1ccc(CCC)cc1. The molecule has 0 bridgehead atoms. The molecule has 0 heterocycles. The van der Waals surface area contributed by atoms with Gasteiger partial charge in [-0.25, -0.2) is 0 Å². The Morgan fingerprint density at radius 1 is 1.00 bits per heavy atom. The standard InChI is InChI=1S/C29H34/c1-5-9-22-12-15-23(16-13-22)28-19-24-18-21(6-2)14-17-25(24)26-10-7-8-11-27(26)29(28)20(3)4/h7-8,10-18,24-25,28-29H,3,5-6,9,19H2,1-2,4H3. The number of rotatable bonds is 5. The van der Waals surface area contributed by atoms with Crippen molar-refractivity contribution in [2.45, 2.75) is 64.2 Å². The molecule has 2 aliphatic rings. The maximum atomic E-state index is 4.46. The van der Waals surface area contributed by atoms with Gasteiger partial charge in [0.25, 0.3) is 0 Å². The van der Waals surface area contributed by atoms with Crippen LogP contribution in [-0.2, 0) is 6.42 Å². The molecular weight excluding hydrogens is 348 g/mol. The topological polar surface area (TPSA) is 0 Å². The third-order valence-electron chi connectivity index (χ3n) is 6.91. The summed E-state index contributed by atoms with van der Waals surface area (Å²) in [4.78, 5) is 0. The molecule has 0 N–H and O–H groups in total. The smallest absolute Gasteiger partial charge is 0.0115 e. The minimum atomic E-state index is 0.376. The van der Waals surface area contributed by atoms with Crippen LogP contribution < -0.4 is 0 Å². The van der Waals surface area contributed by atoms with Crippen molar-refractivity contribution < 1.29 is 0 Å². The average Bonchev–Trinajstić information content (AvgIpc) is 2.88. The third-order valence-corrected chi connectivity index (χ3v) is 6.91. The van der Waals surface area contributed by atoms with E-state index in [1.54, 1.807) is 0 Å². The number of allylic oxidation sites excluding steroid dienone is 5. The maximum Gasteiger partial charge on any atom is 0.0115 e. The molecule has 0 aliphatic heterocycles. The van der Waals surface area contributed by atoms with Crippen molar-refractivity contribution in [3.05, 3.63) is 107 Å². The minimum Gasteiger partial charge on any atom is -0.0995 e. The third kappa shape index (κ3) is 3.90. The molecule has 29 heavy (non-hydrogen) atoms. The summed E-state index contributed by atoms with van der Waals surface area (Å²) in [6, 6.07) is 18.6. The first kappa shape index (κ1) is 20.0. The summed E-state index contributed by atoms with van der Waals surface area (Å²) >= 11 is 0. The van der Waals surface area contributed by atoms with Gasteiger partial charge in [-0.1, -0.05) is 105 Å². The van der Waals surface area contributed by atoms with E-state index in [1.807, 2.05) is 0 Å². The molecule has 150 valence electrons. The Kier molecular flexibility index (Phi) is 5.90. The molecule has 0 saturated carbocycles. The van der Waals surface area contributed by atoms with Gasteiger partial charge in [0.2, 0.25) is 0 Å². The summed E-state index contributed by atoms with van der Waals surface area (Å²) in [5, 5.41) is 0. The minimum absolute atomic E-state index is 0.376. The Balaban J connectivity index is 1.82. The summed E-state index contributed by atoms with van der Waals surface area (Å²) in [5.41, 5.74) is 8.65. The van der Waals surface area contributed by atoms with E-state index in [0.29, 0.717) is 23.7 Å². The van der Waals surface area contributed by atoms with Gasteiger partial charge < -0.3 is 0 Å². The van der Waals surface area contributed by atoms with Crippen LogP contribution in [0.25, 0.3) is 0 Å². The summed E-state index contributed by atoms with van der Waals surface area (Å²) in [5.74, 6) is 1.88. The number of aryl methyl sites for hydroxylation is 1. The molecular formula is C29H34. The van der Waals surface area contributed by atoms with Gasteiger partial charge in [0.15, 0.2) is 0 Å². The van der Waals surface area contributed by atoms with Crippen molar-refractivity contribution in [1.82, 2.24) is 0 Å². The van der Waals surface area contributed by atoms with Gasteiger partial charge in [-0.15, -0.1) is 0 Å². The molecule has 2 aromatic carbocycles. The predicted octanol–water partition coefficient (Wildman–Crippen LogP) is 8.09. The molecule has 2 aromatic rings. The maximum absolute atomic E-state index is 4.46. The Labute approximate surface area is 177 Å². The molecule has 0 spiro atoms. The van der Waals surface area contributed by atoms with Crippen LogP contribution in [0.15, 0.2) is 84.5 Å². The second kappa shape index (κ2) is 8.57. The quantitative estimate of drug-likeness (QED) is 0.458. The van der Waals surface area contributed by atoms with Crippen LogP contribution in [0.5, 0.6) is 0 Å². The first-order chi connectivity index (χ1) is 14.1. The highest BCUT2D eigenvalue weighted by Crippen LogP contribution is 2.51. The predicted molar refractivity (Wildman–Crippen MR) is 126 cm³/mol. The van der Waals surface area contributed by atoms with Crippen LogP contribution in [0, 0.1) is 5.92 Å². The average molecular weight is 383 g/mol. The molecule has 0 radical (unpaired) electrons. The van der Waals surface area contributed by atoms with E-state index < -0.39 is 0 Å². The summed E-state index contributed by atoms with van der Waals surface area (Å²) in [7, 11) is 0. The van der Waals surface area contributed by atoms with Crippen molar-refractivity contribution in [1.29, 1.82) is 0 Å². The zero-order valence-electron chi connectivity index (χ0n) is 18.2. The van der Waals surface area contributed by atoms with Gasteiger partial charge >= 0.3 is 0 Å². The second-order valence-corrected chi connectivity index (χ2v) is 8.93. The van der Waals surface area contributed by atoms with Gasteiger partial charge in [0, 0.05) is 11.8 Å². The number of benzene rings is 2. The lowest BCUT2D eigenvalue weighted by Gasteiger charge is -2.29. The van der Waals surface area contributed by atoms with Gasteiger partial charge in [-0.05, 0) is 60.3 Å². The largest absolute Gasteiger partial charge is 0.0995 e. The monoisotopic (exact) mass is 382 g/mol. The molecule has 4 unspecified atom stereocenters. The van der Waals surface area contributed by atoms with Gasteiger partial charge in [0.05, 0.1) is 0 Å². The number of fused-ring (bicyclic) bond motifs is 3. The van der Waals surface area contributed by atoms with E-state index in [-0.39, 0.29) is 0 Å². The summed E-state index contributed by atoms with van der Waals surface area (Å²) < 4.78 is 0. The van der Waals surface area contributed by atoms with Crippen LogP contribution in [0.2, 0.25) is 0 Å². The van der Waals surface area contributed by atoms with E-state index >= 15 is 0 Å². The molecule has 0 fully saturated rings. The lowest BCUT2D eigenvalue weighted by Crippen LogP contribution is -2.15. The van der Waals surface area contributed by atoms with Crippen LogP contribution in [0.1, 0.15) is 80.0 Å². The Hall–Kier alpha value is -2.34. The first-order valence-electron chi connectivity index (χ1n) is 11.3. The van der Waals surface area contributed by atoms with Crippen molar-refractivity contribution in [2.75, 3.05) is 0 Å². The van der Waals surface area contributed by atoms with Crippen LogP contribution >= 0.6 is 0 Å². The van der Waals surface area contributed by atoms with Crippen LogP contribution in [0.4, 0.5) is 0 Å². The van der Waals surface area contributed by atoms with Crippen molar-refractivity contribution in [3.8, 4) is 0 Å². The Morgan fingerprint density at radius 2 is 1.72 bits per heavy atom. The second-order valence-electron chi connectivity index (χ2n) is 8.93. The Morgan fingerprint density at radius 3 is 2.38 bits per heavy atom. The van der Waals surface area contributed by atoms with Gasteiger partial charge in [0.1, 0.15) is 0 Å². The lowest BCUT2D eigenvalue weighted by atomic mass is 9.74. The molecule has 0 nitrogen and oxygen atoms in total. The normalized spacial score (nSPS) is 25.6. The molecule has 0 amide bonds. The van der Waals surface area contributed by atoms with E-state index in [0.717, 1.165) is 12.8 Å². The van der Waals surface area contributed by atoms with E-state index in [2.05, 4.69) is 94.1 Å². The van der Waals surface area contributed by atoms with Crippen molar-refractivity contribution in [3.63, 3.8) is 0 Å². The van der Waals surface area contributed by atoms with Gasteiger partial charge in [-0.2, -0.15) is 0 Å². The highest BCUT2D eigenvalue weighted by molar-refractivity contribution is 5.47. The van der Waals surface area contributed by atoms with Crippen LogP contribution in [-0.4, -0.2) is 0 Å². The zero-order chi connectivity index (χ0) is 20.4. The van der Waals surface area contributed by atoms with E-state index in [1.165, 1.54) is 46.2 Å².